The quantitative estimate of drug-likeness (QED) is 0.593. The zero-order valence-electron chi connectivity index (χ0n) is 14.6. The van der Waals surface area contributed by atoms with Gasteiger partial charge in [-0.05, 0) is 38.5 Å². The summed E-state index contributed by atoms with van der Waals surface area (Å²) in [6.45, 7) is 4.40. The van der Waals surface area contributed by atoms with Crippen LogP contribution in [0, 0.1) is 13.8 Å². The highest BCUT2D eigenvalue weighted by Gasteiger charge is 2.13. The Morgan fingerprint density at radius 3 is 2.48 bits per heavy atom. The zero-order valence-corrected chi connectivity index (χ0v) is 14.6. The molecule has 2 aromatic rings. The number of aryl methyl sites for hydroxylation is 2. The molecule has 0 aliphatic carbocycles. The van der Waals surface area contributed by atoms with Crippen molar-refractivity contribution in [2.75, 3.05) is 24.3 Å². The third-order valence-electron chi connectivity index (χ3n) is 3.45. The number of amides is 1. The lowest BCUT2D eigenvalue weighted by Crippen LogP contribution is -2.16. The Hall–Kier alpha value is -2.96. The molecule has 25 heavy (non-hydrogen) atoms. The number of esters is 1. The largest absolute Gasteiger partial charge is 0.465 e. The Balaban J connectivity index is 1.82. The van der Waals surface area contributed by atoms with Crippen molar-refractivity contribution in [2.45, 2.75) is 26.7 Å². The maximum absolute atomic E-state index is 12.1. The number of methoxy groups -OCH3 is 1. The number of ether oxygens (including phenoxy) is 1. The van der Waals surface area contributed by atoms with E-state index in [1.54, 1.807) is 24.3 Å². The number of benzene rings is 1. The molecule has 1 heterocycles. The first kappa shape index (κ1) is 18.4. The van der Waals surface area contributed by atoms with E-state index in [1.807, 2.05) is 19.9 Å². The molecule has 0 saturated carbocycles. The number of carbonyl (C=O) groups excluding carboxylic acids is 2. The van der Waals surface area contributed by atoms with Gasteiger partial charge in [-0.2, -0.15) is 0 Å². The molecule has 0 aliphatic rings. The van der Waals surface area contributed by atoms with E-state index in [4.69, 9.17) is 4.74 Å². The molecule has 0 spiro atoms. The highest BCUT2D eigenvalue weighted by atomic mass is 16.5. The van der Waals surface area contributed by atoms with Gasteiger partial charge in [0.15, 0.2) is 0 Å². The smallest absolute Gasteiger partial charge is 0.339 e. The molecule has 0 bridgehead atoms. The fraction of sp³-hybridized carbons (Fsp3) is 0.333. The molecule has 0 saturated heterocycles. The molecule has 0 fully saturated rings. The number of hydrogen-bond acceptors (Lipinski definition) is 6. The number of aromatic nitrogens is 2. The predicted octanol–water partition coefficient (Wildman–Crippen LogP) is 2.71. The average molecular weight is 342 g/mol. The van der Waals surface area contributed by atoms with Crippen molar-refractivity contribution in [3.05, 3.63) is 47.3 Å². The van der Waals surface area contributed by atoms with E-state index < -0.39 is 5.97 Å². The third kappa shape index (κ3) is 5.56. The summed E-state index contributed by atoms with van der Waals surface area (Å²) < 4.78 is 4.71. The second kappa shape index (κ2) is 8.77. The molecule has 7 nitrogen and oxygen atoms in total. The Morgan fingerprint density at radius 1 is 1.12 bits per heavy atom. The van der Waals surface area contributed by atoms with Gasteiger partial charge in [-0.25, -0.2) is 14.8 Å². The van der Waals surface area contributed by atoms with Gasteiger partial charge in [0.25, 0.3) is 0 Å². The van der Waals surface area contributed by atoms with Crippen LogP contribution in [0.3, 0.4) is 0 Å². The normalized spacial score (nSPS) is 10.2. The number of para-hydroxylation sites is 1. The van der Waals surface area contributed by atoms with Gasteiger partial charge in [-0.1, -0.05) is 12.1 Å². The van der Waals surface area contributed by atoms with Crippen LogP contribution >= 0.6 is 0 Å². The fourth-order valence-electron chi connectivity index (χ4n) is 2.35. The van der Waals surface area contributed by atoms with Gasteiger partial charge in [0.2, 0.25) is 11.9 Å². The van der Waals surface area contributed by atoms with Gasteiger partial charge in [0.1, 0.15) is 0 Å². The molecule has 2 N–H and O–H groups in total. The van der Waals surface area contributed by atoms with Gasteiger partial charge in [-0.15, -0.1) is 0 Å². The minimum Gasteiger partial charge on any atom is -0.465 e. The monoisotopic (exact) mass is 342 g/mol. The number of nitrogens with zero attached hydrogens (tertiary/aromatic N) is 2. The van der Waals surface area contributed by atoms with Crippen LogP contribution < -0.4 is 10.6 Å². The van der Waals surface area contributed by atoms with E-state index in [0.717, 1.165) is 11.4 Å². The van der Waals surface area contributed by atoms with Crippen LogP contribution in [-0.4, -0.2) is 35.5 Å². The Kier molecular flexibility index (Phi) is 6.45. The van der Waals surface area contributed by atoms with Crippen LogP contribution in [0.5, 0.6) is 0 Å². The summed E-state index contributed by atoms with van der Waals surface area (Å²) in [6, 6.07) is 8.65. The van der Waals surface area contributed by atoms with Gasteiger partial charge < -0.3 is 15.4 Å². The lowest BCUT2D eigenvalue weighted by Gasteiger charge is -2.10. The standard InChI is InChI=1S/C18H22N4O3/c1-12-11-13(2)21-18(20-12)19-10-6-9-16(23)22-15-8-5-4-7-14(15)17(24)25-3/h4-5,7-8,11H,6,9-10H2,1-3H3,(H,22,23)(H,19,20,21). The van der Waals surface area contributed by atoms with Crippen molar-refractivity contribution < 1.29 is 14.3 Å². The number of rotatable bonds is 7. The molecule has 0 aliphatic heterocycles. The zero-order chi connectivity index (χ0) is 18.2. The van der Waals surface area contributed by atoms with Crippen molar-refractivity contribution >= 4 is 23.5 Å². The molecule has 1 amide bonds. The van der Waals surface area contributed by atoms with Crippen molar-refractivity contribution in [2.24, 2.45) is 0 Å². The van der Waals surface area contributed by atoms with Crippen molar-refractivity contribution in [3.63, 3.8) is 0 Å². The molecule has 1 aromatic heterocycles. The maximum atomic E-state index is 12.1. The van der Waals surface area contributed by atoms with E-state index in [9.17, 15) is 9.59 Å². The van der Waals surface area contributed by atoms with Crippen LogP contribution in [0.1, 0.15) is 34.6 Å². The van der Waals surface area contributed by atoms with Crippen LogP contribution in [0.2, 0.25) is 0 Å². The summed E-state index contributed by atoms with van der Waals surface area (Å²) >= 11 is 0. The van der Waals surface area contributed by atoms with Crippen molar-refractivity contribution in [3.8, 4) is 0 Å². The van der Waals surface area contributed by atoms with Crippen LogP contribution in [0.25, 0.3) is 0 Å². The van der Waals surface area contributed by atoms with E-state index >= 15 is 0 Å². The third-order valence-corrected chi connectivity index (χ3v) is 3.45. The van der Waals surface area contributed by atoms with Crippen LogP contribution in [0.15, 0.2) is 30.3 Å². The molecular formula is C18H22N4O3. The molecule has 132 valence electrons. The number of hydrogen-bond donors (Lipinski definition) is 2. The summed E-state index contributed by atoms with van der Waals surface area (Å²) in [7, 11) is 1.31. The molecule has 7 heteroatoms. The summed E-state index contributed by atoms with van der Waals surface area (Å²) in [5.41, 5.74) is 2.57. The predicted molar refractivity (Wildman–Crippen MR) is 95.6 cm³/mol. The maximum Gasteiger partial charge on any atom is 0.339 e. The summed E-state index contributed by atoms with van der Waals surface area (Å²) in [6.07, 6.45) is 0.926. The first-order valence-corrected chi connectivity index (χ1v) is 8.03. The van der Waals surface area contributed by atoms with Gasteiger partial charge in [-0.3, -0.25) is 4.79 Å². The molecule has 2 rings (SSSR count). The van der Waals surface area contributed by atoms with E-state index in [2.05, 4.69) is 20.6 Å². The summed E-state index contributed by atoms with van der Waals surface area (Å²) in [4.78, 5) is 32.3. The molecular weight excluding hydrogens is 320 g/mol. The van der Waals surface area contributed by atoms with Crippen molar-refractivity contribution in [1.82, 2.24) is 9.97 Å². The second-order valence-electron chi connectivity index (χ2n) is 5.59. The Morgan fingerprint density at radius 2 is 1.80 bits per heavy atom. The number of anilines is 2. The van der Waals surface area contributed by atoms with Gasteiger partial charge >= 0.3 is 5.97 Å². The molecule has 0 atom stereocenters. The average Bonchev–Trinajstić information content (AvgIpc) is 2.58. The first-order chi connectivity index (χ1) is 12.0. The SMILES string of the molecule is COC(=O)c1ccccc1NC(=O)CCCNc1nc(C)cc(C)n1. The van der Waals surface area contributed by atoms with Crippen molar-refractivity contribution in [1.29, 1.82) is 0 Å². The molecule has 1 aromatic carbocycles. The Bertz CT molecular complexity index is 741. The summed E-state index contributed by atoms with van der Waals surface area (Å²) in [5.74, 6) is -0.0852. The van der Waals surface area contributed by atoms with Gasteiger partial charge in [0, 0.05) is 24.4 Å². The minimum atomic E-state index is -0.482. The van der Waals surface area contributed by atoms with Crippen LogP contribution in [-0.2, 0) is 9.53 Å². The lowest BCUT2D eigenvalue weighted by molar-refractivity contribution is -0.116. The Labute approximate surface area is 146 Å². The number of nitrogens with one attached hydrogen (secondary N) is 2. The highest BCUT2D eigenvalue weighted by molar-refractivity contribution is 6.01. The molecule has 0 radical (unpaired) electrons. The topological polar surface area (TPSA) is 93.2 Å². The number of carbonyl (C=O) groups is 2. The van der Waals surface area contributed by atoms with Crippen LogP contribution in [0.4, 0.5) is 11.6 Å². The molecule has 0 unspecified atom stereocenters. The lowest BCUT2D eigenvalue weighted by atomic mass is 10.1. The minimum absolute atomic E-state index is 0.167. The van der Waals surface area contributed by atoms with E-state index in [1.165, 1.54) is 7.11 Å². The first-order valence-electron chi connectivity index (χ1n) is 8.03. The van der Waals surface area contributed by atoms with Gasteiger partial charge in [0.05, 0.1) is 18.4 Å². The highest BCUT2D eigenvalue weighted by Crippen LogP contribution is 2.16. The fourth-order valence-corrected chi connectivity index (χ4v) is 2.35. The van der Waals surface area contributed by atoms with E-state index in [0.29, 0.717) is 36.6 Å². The summed E-state index contributed by atoms with van der Waals surface area (Å²) in [5, 5.41) is 5.85. The van der Waals surface area contributed by atoms with E-state index in [-0.39, 0.29) is 5.91 Å². The second-order valence-corrected chi connectivity index (χ2v) is 5.59.